The Labute approximate surface area is 153 Å². The summed E-state index contributed by atoms with van der Waals surface area (Å²) in [4.78, 5) is 23.3. The van der Waals surface area contributed by atoms with E-state index in [0.29, 0.717) is 5.56 Å². The van der Waals surface area contributed by atoms with Gasteiger partial charge in [0.1, 0.15) is 0 Å². The largest absolute Gasteiger partial charge is 0.326 e. The van der Waals surface area contributed by atoms with Gasteiger partial charge >= 0.3 is 0 Å². The standard InChI is InChI=1S/C23H19NO2/c1-17(25)24-22-14-7-18(8-15-22)9-16-23(26)21-12-10-20(11-13-21)19-5-3-2-4-6-19/h2-16H,1H3,(H,24,25)/b16-9+. The average Bonchev–Trinajstić information content (AvgIpc) is 2.67. The van der Waals surface area contributed by atoms with E-state index in [0.717, 1.165) is 22.4 Å². The van der Waals surface area contributed by atoms with Crippen LogP contribution in [-0.4, -0.2) is 11.7 Å². The molecule has 0 unspecified atom stereocenters. The first kappa shape index (κ1) is 17.4. The van der Waals surface area contributed by atoms with Crippen molar-refractivity contribution in [2.75, 3.05) is 5.32 Å². The molecule has 1 amide bonds. The van der Waals surface area contributed by atoms with Crippen molar-refractivity contribution in [3.63, 3.8) is 0 Å². The molecule has 0 saturated carbocycles. The number of carbonyl (C=O) groups is 2. The molecule has 0 fully saturated rings. The number of amides is 1. The van der Waals surface area contributed by atoms with Crippen molar-refractivity contribution in [2.45, 2.75) is 6.92 Å². The van der Waals surface area contributed by atoms with Crippen LogP contribution in [0.5, 0.6) is 0 Å². The highest BCUT2D eigenvalue weighted by Crippen LogP contribution is 2.19. The van der Waals surface area contributed by atoms with Gasteiger partial charge < -0.3 is 5.32 Å². The zero-order valence-corrected chi connectivity index (χ0v) is 14.5. The van der Waals surface area contributed by atoms with Crippen LogP contribution in [-0.2, 0) is 4.79 Å². The fraction of sp³-hybridized carbons (Fsp3) is 0.0435. The summed E-state index contributed by atoms with van der Waals surface area (Å²) < 4.78 is 0. The van der Waals surface area contributed by atoms with Gasteiger partial charge in [-0.25, -0.2) is 0 Å². The second-order valence-electron chi connectivity index (χ2n) is 5.94. The van der Waals surface area contributed by atoms with Crippen molar-refractivity contribution in [3.05, 3.63) is 96.1 Å². The van der Waals surface area contributed by atoms with Crippen molar-refractivity contribution in [2.24, 2.45) is 0 Å². The lowest BCUT2D eigenvalue weighted by atomic mass is 10.0. The molecule has 3 aromatic carbocycles. The first-order chi connectivity index (χ1) is 12.6. The maximum atomic E-state index is 12.3. The SMILES string of the molecule is CC(=O)Nc1ccc(/C=C/C(=O)c2ccc(-c3ccccc3)cc2)cc1. The zero-order chi connectivity index (χ0) is 18.4. The maximum Gasteiger partial charge on any atom is 0.221 e. The number of allylic oxidation sites excluding steroid dienone is 1. The van der Waals surface area contributed by atoms with Crippen LogP contribution in [0.25, 0.3) is 17.2 Å². The highest BCUT2D eigenvalue weighted by Gasteiger charge is 2.03. The zero-order valence-electron chi connectivity index (χ0n) is 14.5. The summed E-state index contributed by atoms with van der Waals surface area (Å²) >= 11 is 0. The fourth-order valence-corrected chi connectivity index (χ4v) is 2.61. The van der Waals surface area contributed by atoms with Crippen molar-refractivity contribution in [1.82, 2.24) is 0 Å². The Morgan fingerprint density at radius 2 is 1.38 bits per heavy atom. The Kier molecular flexibility index (Phi) is 5.40. The highest BCUT2D eigenvalue weighted by molar-refractivity contribution is 6.07. The number of rotatable bonds is 5. The average molecular weight is 341 g/mol. The summed E-state index contributed by atoms with van der Waals surface area (Å²) in [6, 6.07) is 25.0. The van der Waals surface area contributed by atoms with E-state index < -0.39 is 0 Å². The monoisotopic (exact) mass is 341 g/mol. The number of hydrogen-bond acceptors (Lipinski definition) is 2. The normalized spacial score (nSPS) is 10.7. The number of ketones is 1. The molecule has 0 radical (unpaired) electrons. The first-order valence-electron chi connectivity index (χ1n) is 8.37. The van der Waals surface area contributed by atoms with Gasteiger partial charge in [-0.15, -0.1) is 0 Å². The molecular formula is C23H19NO2. The van der Waals surface area contributed by atoms with E-state index in [1.165, 1.54) is 6.92 Å². The second kappa shape index (κ2) is 8.08. The summed E-state index contributed by atoms with van der Waals surface area (Å²) in [5.74, 6) is -0.155. The van der Waals surface area contributed by atoms with E-state index in [1.807, 2.05) is 66.7 Å². The summed E-state index contributed by atoms with van der Waals surface area (Å²) in [7, 11) is 0. The van der Waals surface area contributed by atoms with Gasteiger partial charge in [-0.05, 0) is 34.9 Å². The predicted molar refractivity (Wildman–Crippen MR) is 106 cm³/mol. The van der Waals surface area contributed by atoms with Crippen LogP contribution in [0, 0.1) is 0 Å². The fourth-order valence-electron chi connectivity index (χ4n) is 2.61. The predicted octanol–water partition coefficient (Wildman–Crippen LogP) is 5.21. The number of benzene rings is 3. The molecule has 0 bridgehead atoms. The smallest absolute Gasteiger partial charge is 0.221 e. The van der Waals surface area contributed by atoms with Gasteiger partial charge in [0, 0.05) is 18.2 Å². The molecule has 0 atom stereocenters. The Balaban J connectivity index is 1.67. The van der Waals surface area contributed by atoms with Crippen LogP contribution in [0.3, 0.4) is 0 Å². The summed E-state index contributed by atoms with van der Waals surface area (Å²) in [5.41, 5.74) is 4.49. The van der Waals surface area contributed by atoms with Gasteiger partial charge in [-0.2, -0.15) is 0 Å². The molecule has 0 aliphatic rings. The van der Waals surface area contributed by atoms with Crippen LogP contribution >= 0.6 is 0 Å². The van der Waals surface area contributed by atoms with E-state index >= 15 is 0 Å². The molecule has 128 valence electrons. The van der Waals surface area contributed by atoms with Crippen LogP contribution in [0.4, 0.5) is 5.69 Å². The van der Waals surface area contributed by atoms with Gasteiger partial charge in [0.05, 0.1) is 0 Å². The van der Waals surface area contributed by atoms with E-state index in [1.54, 1.807) is 24.3 Å². The quantitative estimate of drug-likeness (QED) is 0.511. The van der Waals surface area contributed by atoms with Crippen LogP contribution in [0.2, 0.25) is 0 Å². The minimum Gasteiger partial charge on any atom is -0.326 e. The third-order valence-corrected chi connectivity index (χ3v) is 3.93. The molecule has 0 saturated heterocycles. The molecule has 0 aromatic heterocycles. The van der Waals surface area contributed by atoms with Crippen molar-refractivity contribution >= 4 is 23.5 Å². The summed E-state index contributed by atoms with van der Waals surface area (Å²) in [5, 5.41) is 2.71. The molecule has 0 aliphatic heterocycles. The van der Waals surface area contributed by atoms with E-state index in [-0.39, 0.29) is 11.7 Å². The van der Waals surface area contributed by atoms with Crippen LogP contribution < -0.4 is 5.32 Å². The van der Waals surface area contributed by atoms with Crippen LogP contribution in [0.1, 0.15) is 22.8 Å². The van der Waals surface area contributed by atoms with Crippen molar-refractivity contribution in [1.29, 1.82) is 0 Å². The summed E-state index contributed by atoms with van der Waals surface area (Å²) in [6.45, 7) is 1.47. The third-order valence-electron chi connectivity index (χ3n) is 3.93. The third kappa shape index (κ3) is 4.54. The molecular weight excluding hydrogens is 322 g/mol. The van der Waals surface area contributed by atoms with Crippen molar-refractivity contribution < 1.29 is 9.59 Å². The van der Waals surface area contributed by atoms with Gasteiger partial charge in [0.15, 0.2) is 5.78 Å². The van der Waals surface area contributed by atoms with E-state index in [2.05, 4.69) is 5.32 Å². The van der Waals surface area contributed by atoms with Gasteiger partial charge in [-0.3, -0.25) is 9.59 Å². The lowest BCUT2D eigenvalue weighted by molar-refractivity contribution is -0.114. The van der Waals surface area contributed by atoms with Gasteiger partial charge in [-0.1, -0.05) is 72.8 Å². The molecule has 1 N–H and O–H groups in total. The van der Waals surface area contributed by atoms with E-state index in [9.17, 15) is 9.59 Å². The Morgan fingerprint density at radius 1 is 0.769 bits per heavy atom. The maximum absolute atomic E-state index is 12.3. The Bertz CT molecular complexity index is 924. The molecule has 26 heavy (non-hydrogen) atoms. The highest BCUT2D eigenvalue weighted by atomic mass is 16.1. The number of anilines is 1. The number of nitrogens with one attached hydrogen (secondary N) is 1. The van der Waals surface area contributed by atoms with E-state index in [4.69, 9.17) is 0 Å². The second-order valence-corrected chi connectivity index (χ2v) is 5.94. The molecule has 0 aliphatic carbocycles. The minimum atomic E-state index is -0.109. The first-order valence-corrected chi connectivity index (χ1v) is 8.37. The van der Waals surface area contributed by atoms with Gasteiger partial charge in [0.25, 0.3) is 0 Å². The number of carbonyl (C=O) groups excluding carboxylic acids is 2. The molecule has 0 spiro atoms. The van der Waals surface area contributed by atoms with Crippen molar-refractivity contribution in [3.8, 4) is 11.1 Å². The Morgan fingerprint density at radius 3 is 2.00 bits per heavy atom. The molecule has 0 heterocycles. The molecule has 3 heteroatoms. The number of hydrogen-bond donors (Lipinski definition) is 1. The molecule has 3 nitrogen and oxygen atoms in total. The molecule has 3 aromatic rings. The summed E-state index contributed by atoms with van der Waals surface area (Å²) in [6.07, 6.45) is 3.33. The minimum absolute atomic E-state index is 0.0458. The van der Waals surface area contributed by atoms with Crippen LogP contribution in [0.15, 0.2) is 84.9 Å². The topological polar surface area (TPSA) is 46.2 Å². The Hall–Kier alpha value is -3.46. The molecule has 3 rings (SSSR count). The lowest BCUT2D eigenvalue weighted by Gasteiger charge is -2.03. The van der Waals surface area contributed by atoms with Gasteiger partial charge in [0.2, 0.25) is 5.91 Å². The lowest BCUT2D eigenvalue weighted by Crippen LogP contribution is -2.05.